The Morgan fingerprint density at radius 3 is 2.28 bits per heavy atom. The van der Waals surface area contributed by atoms with Crippen molar-refractivity contribution in [2.45, 2.75) is 206 Å². The molecule has 0 aromatic carbocycles. The van der Waals surface area contributed by atoms with Crippen LogP contribution in [0.1, 0.15) is 139 Å². The largest absolute Gasteiger partial charge is 0.508 e. The second-order valence-electron chi connectivity index (χ2n) is 22.7. The number of carbonyl (C=O) groups excluding carboxylic acids is 6. The molecule has 2 bridgehead atoms. The van der Waals surface area contributed by atoms with E-state index < -0.39 is 114 Å². The monoisotopic (exact) mass is 1070 g/mol. The van der Waals surface area contributed by atoms with E-state index in [1.165, 1.54) is 12.0 Å². The number of carbonyl (C=O) groups is 6. The first-order valence-corrected chi connectivity index (χ1v) is 27.6. The van der Waals surface area contributed by atoms with E-state index in [9.17, 15) is 39.0 Å². The SMILES string of the molecule is CO[C@H]1CC2CC[C@@H](C)[C@@](O)(O2)C(=O)C(=O)N2CCCCC2C(=O)O[C@H]([C@H](C)C[C@@H]2CC[C@@H](OC(=O)OCC3COC(C)(C)O3)[C@H](OC)C2)CC(=O)/C(C)=C/C(C)[C@@H](O)[C@@H](OC)C(=O)[C@H](C)C[C@H](C)C=CC=CC=C1C. The number of ketones is 3. The van der Waals surface area contributed by atoms with Gasteiger partial charge < -0.3 is 57.7 Å². The van der Waals surface area contributed by atoms with Crippen molar-refractivity contribution in [2.24, 2.45) is 35.5 Å². The number of ether oxygens (including phenoxy) is 9. The molecule has 18 nitrogen and oxygen atoms in total. The number of hydrogen-bond donors (Lipinski definition) is 2. The van der Waals surface area contributed by atoms with Crippen LogP contribution in [0.3, 0.4) is 0 Å². The van der Waals surface area contributed by atoms with Gasteiger partial charge in [-0.05, 0) is 121 Å². The van der Waals surface area contributed by atoms with E-state index in [0.29, 0.717) is 64.2 Å². The predicted octanol–water partition coefficient (Wildman–Crippen LogP) is 7.49. The highest BCUT2D eigenvalue weighted by Gasteiger charge is 2.53. The number of rotatable bonds is 9. The molecule has 0 aromatic rings. The number of fused-ring (bicyclic) bond motifs is 3. The number of cyclic esters (lactones) is 1. The molecule has 1 aliphatic carbocycles. The molecule has 5 rings (SSSR count). The van der Waals surface area contributed by atoms with Gasteiger partial charge in [0.15, 0.2) is 17.4 Å². The van der Waals surface area contributed by atoms with E-state index in [1.54, 1.807) is 54.9 Å². The Kier molecular flexibility index (Phi) is 23.6. The second-order valence-corrected chi connectivity index (χ2v) is 22.7. The van der Waals surface area contributed by atoms with Crippen LogP contribution in [0, 0.1) is 35.5 Å². The first-order valence-electron chi connectivity index (χ1n) is 27.6. The van der Waals surface area contributed by atoms with Gasteiger partial charge in [-0.2, -0.15) is 0 Å². The highest BCUT2D eigenvalue weighted by atomic mass is 16.8. The predicted molar refractivity (Wildman–Crippen MR) is 280 cm³/mol. The Morgan fingerprint density at radius 1 is 0.868 bits per heavy atom. The first-order chi connectivity index (χ1) is 35.9. The topological polar surface area (TPSA) is 229 Å². The molecule has 76 heavy (non-hydrogen) atoms. The van der Waals surface area contributed by atoms with Crippen LogP contribution in [0.4, 0.5) is 4.79 Å². The Morgan fingerprint density at radius 2 is 1.61 bits per heavy atom. The van der Waals surface area contributed by atoms with Gasteiger partial charge in [0.05, 0.1) is 31.0 Å². The highest BCUT2D eigenvalue weighted by molar-refractivity contribution is 6.39. The molecule has 3 saturated heterocycles. The van der Waals surface area contributed by atoms with Crippen molar-refractivity contribution in [3.05, 3.63) is 47.6 Å². The number of aliphatic hydroxyl groups is 2. The average molecular weight is 1070 g/mol. The normalized spacial score (nSPS) is 37.3. The van der Waals surface area contributed by atoms with Gasteiger partial charge in [-0.15, -0.1) is 0 Å². The van der Waals surface area contributed by atoms with Gasteiger partial charge in [-0.1, -0.05) is 71.1 Å². The van der Waals surface area contributed by atoms with Crippen LogP contribution in [-0.2, 0) is 66.6 Å². The molecule has 16 atom stereocenters. The van der Waals surface area contributed by atoms with Crippen LogP contribution in [0.2, 0.25) is 0 Å². The third-order valence-electron chi connectivity index (χ3n) is 16.2. The van der Waals surface area contributed by atoms with E-state index in [4.69, 9.17) is 42.6 Å². The fraction of sp³-hybridized carbons (Fsp3) is 0.759. The molecule has 4 heterocycles. The minimum Gasteiger partial charge on any atom is -0.460 e. The van der Waals surface area contributed by atoms with Crippen molar-refractivity contribution in [3.8, 4) is 0 Å². The van der Waals surface area contributed by atoms with Gasteiger partial charge in [0, 0.05) is 58.5 Å². The fourth-order valence-corrected chi connectivity index (χ4v) is 11.4. The number of nitrogens with zero attached hydrogens (tertiary/aromatic N) is 1. The average Bonchev–Trinajstić information content (AvgIpc) is 3.75. The summed E-state index contributed by atoms with van der Waals surface area (Å²) in [4.78, 5) is 85.4. The Bertz CT molecular complexity index is 2120. The maximum atomic E-state index is 14.6. The van der Waals surface area contributed by atoms with Crippen molar-refractivity contribution in [1.29, 1.82) is 0 Å². The molecule has 4 aliphatic heterocycles. The quantitative estimate of drug-likeness (QED) is 0.168. The number of hydrogen-bond acceptors (Lipinski definition) is 17. The van der Waals surface area contributed by atoms with E-state index in [-0.39, 0.29) is 61.6 Å². The summed E-state index contributed by atoms with van der Waals surface area (Å²) in [6.07, 6.45) is 8.96. The molecular weight excluding hydrogens is 983 g/mol. The van der Waals surface area contributed by atoms with Crippen LogP contribution in [0.15, 0.2) is 47.6 Å². The van der Waals surface area contributed by atoms with Gasteiger partial charge in [-0.3, -0.25) is 19.2 Å². The summed E-state index contributed by atoms with van der Waals surface area (Å²) in [7, 11) is 4.49. The van der Waals surface area contributed by atoms with Crippen molar-refractivity contribution in [2.75, 3.05) is 41.1 Å². The van der Waals surface area contributed by atoms with E-state index >= 15 is 0 Å². The molecule has 428 valence electrons. The van der Waals surface area contributed by atoms with Gasteiger partial charge in [0.2, 0.25) is 5.79 Å². The number of allylic oxidation sites excluding steroid dienone is 6. The molecule has 2 N–H and O–H groups in total. The van der Waals surface area contributed by atoms with Gasteiger partial charge in [0.25, 0.3) is 11.7 Å². The lowest BCUT2D eigenvalue weighted by atomic mass is 9.78. The van der Waals surface area contributed by atoms with Crippen molar-refractivity contribution >= 4 is 35.4 Å². The Hall–Kier alpha value is -4.14. The van der Waals surface area contributed by atoms with E-state index in [0.717, 1.165) is 5.57 Å². The second kappa shape index (κ2) is 28.7. The minimum absolute atomic E-state index is 0.000626. The standard InChI is InChI=1S/C58H89NO17/c1-34-18-14-13-15-19-35(2)47(68-10)30-42-23-21-40(7)58(67,76-42)53(63)54(64)59-25-17-16-20-44(59)55(65)73-48(31-45(60)36(3)27-39(6)51(62)52(70-12)50(61)38(5)26-34)37(4)28-41-22-24-46(49(29-41)69-11)74-56(66)71-32-43-33-72-57(8,9)75-43/h13-15,18-19,27,34,37-44,46-49,51-52,62,67H,16-17,20-26,28-33H2,1-12H3/b15-13?,18-14?,35-19?,36-27+/t34-,37-,38-,39?,40-,41+,42?,43?,44?,46-,47+,48+,49-,51-,52+,58-/m1/s1. The van der Waals surface area contributed by atoms with Gasteiger partial charge >= 0.3 is 12.1 Å². The van der Waals surface area contributed by atoms with Gasteiger partial charge in [-0.25, -0.2) is 9.59 Å². The fourth-order valence-electron chi connectivity index (χ4n) is 11.4. The molecule has 4 fully saturated rings. The summed E-state index contributed by atoms with van der Waals surface area (Å²) in [6.45, 7) is 16.4. The van der Waals surface area contributed by atoms with E-state index in [1.807, 2.05) is 58.1 Å². The summed E-state index contributed by atoms with van der Waals surface area (Å²) in [5.74, 6) is -9.21. The molecule has 0 aromatic heterocycles. The summed E-state index contributed by atoms with van der Waals surface area (Å²) < 4.78 is 52.2. The van der Waals surface area contributed by atoms with Crippen LogP contribution in [-0.4, -0.2) is 158 Å². The van der Waals surface area contributed by atoms with Crippen molar-refractivity contribution in [1.82, 2.24) is 4.90 Å². The zero-order valence-electron chi connectivity index (χ0n) is 47.2. The lowest BCUT2D eigenvalue weighted by molar-refractivity contribution is -0.265. The molecule has 18 heteroatoms. The van der Waals surface area contributed by atoms with Crippen molar-refractivity contribution in [3.63, 3.8) is 0 Å². The lowest BCUT2D eigenvalue weighted by Gasteiger charge is -2.42. The zero-order valence-corrected chi connectivity index (χ0v) is 47.2. The Balaban J connectivity index is 1.41. The third-order valence-corrected chi connectivity index (χ3v) is 16.2. The van der Waals surface area contributed by atoms with Crippen LogP contribution in [0.5, 0.6) is 0 Å². The lowest BCUT2D eigenvalue weighted by Crippen LogP contribution is -2.61. The zero-order chi connectivity index (χ0) is 56.1. The number of methoxy groups -OCH3 is 3. The third kappa shape index (κ3) is 16.9. The molecule has 0 spiro atoms. The van der Waals surface area contributed by atoms with Gasteiger partial charge in [0.1, 0.15) is 37.1 Å². The minimum atomic E-state index is -2.46. The van der Waals surface area contributed by atoms with Crippen LogP contribution < -0.4 is 0 Å². The number of esters is 1. The molecule has 0 radical (unpaired) electrons. The van der Waals surface area contributed by atoms with Crippen molar-refractivity contribution < 1.29 is 81.6 Å². The molecule has 1 saturated carbocycles. The van der Waals surface area contributed by atoms with E-state index in [2.05, 4.69) is 0 Å². The molecule has 1 amide bonds. The summed E-state index contributed by atoms with van der Waals surface area (Å²) in [6, 6.07) is -1.19. The molecule has 5 aliphatic rings. The number of aliphatic hydroxyl groups excluding tert-OH is 1. The highest BCUT2D eigenvalue weighted by Crippen LogP contribution is 2.38. The number of Topliss-reactive ketones (excluding diaryl/α,β-unsaturated/α-hetero) is 3. The summed E-state index contributed by atoms with van der Waals surface area (Å²) in [5, 5.41) is 23.6. The molecule has 4 unspecified atom stereocenters. The van der Waals surface area contributed by atoms with Crippen LogP contribution in [0.25, 0.3) is 0 Å². The maximum Gasteiger partial charge on any atom is 0.508 e. The summed E-state index contributed by atoms with van der Waals surface area (Å²) >= 11 is 0. The van der Waals surface area contributed by atoms with Crippen LogP contribution >= 0.6 is 0 Å². The summed E-state index contributed by atoms with van der Waals surface area (Å²) in [5.41, 5.74) is 1.15. The Labute approximate surface area is 450 Å². The molecular formula is C58H89NO17. The number of amides is 1. The maximum absolute atomic E-state index is 14.6. The smallest absolute Gasteiger partial charge is 0.460 e. The number of piperidine rings is 1. The first kappa shape index (κ1) is 62.7.